The molecule has 0 bridgehead atoms. The molecule has 0 amide bonds. The van der Waals surface area contributed by atoms with Gasteiger partial charge in [-0.15, -0.1) is 0 Å². The summed E-state index contributed by atoms with van der Waals surface area (Å²) < 4.78 is 40.4. The summed E-state index contributed by atoms with van der Waals surface area (Å²) in [6.07, 6.45) is 1.23. The van der Waals surface area contributed by atoms with Crippen molar-refractivity contribution in [3.8, 4) is 0 Å². The lowest BCUT2D eigenvalue weighted by Crippen LogP contribution is -2.16. The minimum absolute atomic E-state index is 0.362. The van der Waals surface area contributed by atoms with Crippen LogP contribution in [-0.4, -0.2) is 13.4 Å². The highest BCUT2D eigenvalue weighted by Gasteiger charge is 2.20. The molecule has 1 N–H and O–H groups in total. The Morgan fingerprint density at radius 3 is 2.44 bits per heavy atom. The van der Waals surface area contributed by atoms with E-state index < -0.39 is 20.9 Å². The van der Waals surface area contributed by atoms with E-state index in [1.807, 2.05) is 0 Å². The van der Waals surface area contributed by atoms with Gasteiger partial charge in [-0.2, -0.15) is 8.42 Å². The Bertz CT molecular complexity index is 659. The zero-order chi connectivity index (χ0) is 13.2. The van der Waals surface area contributed by atoms with Crippen molar-refractivity contribution >= 4 is 38.3 Å². The Labute approximate surface area is 117 Å². The van der Waals surface area contributed by atoms with Crippen LogP contribution in [0.25, 0.3) is 0 Å². The van der Waals surface area contributed by atoms with Gasteiger partial charge in [-0.25, -0.2) is 9.37 Å². The Balaban J connectivity index is 2.33. The minimum Gasteiger partial charge on any atom is -0.278 e. The second-order valence-corrected chi connectivity index (χ2v) is 6.25. The van der Waals surface area contributed by atoms with E-state index in [9.17, 15) is 12.8 Å². The van der Waals surface area contributed by atoms with Crippen molar-refractivity contribution in [2.24, 2.45) is 0 Å². The SMILES string of the molecule is O=S(=O)(Nc1ccc(I)cc1)c1ncccc1F. The maximum absolute atomic E-state index is 13.4. The third-order valence-electron chi connectivity index (χ3n) is 2.08. The van der Waals surface area contributed by atoms with E-state index in [0.29, 0.717) is 5.69 Å². The predicted octanol–water partition coefficient (Wildman–Crippen LogP) is 2.63. The second-order valence-electron chi connectivity index (χ2n) is 3.40. The number of nitrogens with zero attached hydrogens (tertiary/aromatic N) is 1. The third kappa shape index (κ3) is 2.96. The fourth-order valence-electron chi connectivity index (χ4n) is 1.29. The van der Waals surface area contributed by atoms with E-state index >= 15 is 0 Å². The van der Waals surface area contributed by atoms with Crippen LogP contribution in [0.2, 0.25) is 0 Å². The summed E-state index contributed by atoms with van der Waals surface area (Å²) in [5.74, 6) is -0.879. The van der Waals surface area contributed by atoms with Crippen LogP contribution in [-0.2, 0) is 10.0 Å². The summed E-state index contributed by atoms with van der Waals surface area (Å²) in [4.78, 5) is 3.54. The van der Waals surface area contributed by atoms with E-state index in [4.69, 9.17) is 0 Å². The van der Waals surface area contributed by atoms with E-state index in [0.717, 1.165) is 9.64 Å². The number of anilines is 1. The van der Waals surface area contributed by atoms with Gasteiger partial charge in [0.15, 0.2) is 5.82 Å². The van der Waals surface area contributed by atoms with Crippen molar-refractivity contribution < 1.29 is 12.8 Å². The third-order valence-corrected chi connectivity index (χ3v) is 4.11. The van der Waals surface area contributed by atoms with Crippen molar-refractivity contribution in [1.29, 1.82) is 0 Å². The van der Waals surface area contributed by atoms with Crippen LogP contribution in [0, 0.1) is 9.39 Å². The molecule has 1 heterocycles. The zero-order valence-corrected chi connectivity index (χ0v) is 11.9. The number of hydrogen-bond acceptors (Lipinski definition) is 3. The standard InChI is InChI=1S/C11H8FIN2O2S/c12-10-2-1-7-14-11(10)18(16,17)15-9-5-3-8(13)4-6-9/h1-7,15H. The Hall–Kier alpha value is -1.22. The number of pyridine rings is 1. The monoisotopic (exact) mass is 378 g/mol. The van der Waals surface area contributed by atoms with Gasteiger partial charge in [0.05, 0.1) is 0 Å². The molecule has 18 heavy (non-hydrogen) atoms. The van der Waals surface area contributed by atoms with Crippen molar-refractivity contribution in [2.45, 2.75) is 5.03 Å². The van der Waals surface area contributed by atoms with E-state index in [2.05, 4.69) is 32.3 Å². The maximum atomic E-state index is 13.4. The first-order valence-electron chi connectivity index (χ1n) is 4.88. The summed E-state index contributed by atoms with van der Waals surface area (Å²) in [6.45, 7) is 0. The Morgan fingerprint density at radius 2 is 1.83 bits per heavy atom. The van der Waals surface area contributed by atoms with Crippen LogP contribution in [0.3, 0.4) is 0 Å². The molecule has 7 heteroatoms. The molecule has 2 aromatic rings. The molecule has 94 valence electrons. The van der Waals surface area contributed by atoms with Crippen molar-refractivity contribution in [1.82, 2.24) is 4.98 Å². The van der Waals surface area contributed by atoms with Crippen LogP contribution < -0.4 is 4.72 Å². The quantitative estimate of drug-likeness (QED) is 0.836. The topological polar surface area (TPSA) is 59.1 Å². The fraction of sp³-hybridized carbons (Fsp3) is 0. The molecule has 0 unspecified atom stereocenters. The number of sulfonamides is 1. The van der Waals surface area contributed by atoms with Crippen LogP contribution in [0.5, 0.6) is 0 Å². The number of benzene rings is 1. The fourth-order valence-corrected chi connectivity index (χ4v) is 2.72. The number of rotatable bonds is 3. The van der Waals surface area contributed by atoms with Crippen LogP contribution in [0.4, 0.5) is 10.1 Å². The molecule has 0 saturated heterocycles. The zero-order valence-electron chi connectivity index (χ0n) is 8.97. The molecular weight excluding hydrogens is 370 g/mol. The normalized spacial score (nSPS) is 11.2. The lowest BCUT2D eigenvalue weighted by atomic mass is 10.3. The number of hydrogen-bond donors (Lipinski definition) is 1. The van der Waals surface area contributed by atoms with Crippen molar-refractivity contribution in [3.63, 3.8) is 0 Å². The first-order chi connectivity index (χ1) is 8.49. The highest BCUT2D eigenvalue weighted by molar-refractivity contribution is 14.1. The summed E-state index contributed by atoms with van der Waals surface area (Å²) in [5.41, 5.74) is 0.362. The minimum atomic E-state index is -4.00. The predicted molar refractivity (Wildman–Crippen MR) is 74.2 cm³/mol. The molecule has 0 aliphatic heterocycles. The van der Waals surface area contributed by atoms with Crippen LogP contribution in [0.1, 0.15) is 0 Å². The molecule has 0 radical (unpaired) electrons. The van der Waals surface area contributed by atoms with Crippen molar-refractivity contribution in [3.05, 3.63) is 52.0 Å². The van der Waals surface area contributed by atoms with Gasteiger partial charge in [-0.3, -0.25) is 4.72 Å². The molecule has 0 saturated carbocycles. The highest BCUT2D eigenvalue weighted by atomic mass is 127. The first-order valence-corrected chi connectivity index (χ1v) is 7.44. The van der Waals surface area contributed by atoms with Gasteiger partial charge in [0, 0.05) is 15.5 Å². The van der Waals surface area contributed by atoms with Gasteiger partial charge in [-0.1, -0.05) is 0 Å². The smallest absolute Gasteiger partial charge is 0.278 e. The molecular formula is C11H8FIN2O2S. The molecule has 4 nitrogen and oxygen atoms in total. The lowest BCUT2D eigenvalue weighted by molar-refractivity contribution is 0.557. The number of halogens is 2. The molecule has 0 spiro atoms. The van der Waals surface area contributed by atoms with Gasteiger partial charge >= 0.3 is 0 Å². The summed E-state index contributed by atoms with van der Waals surface area (Å²) >= 11 is 2.10. The molecule has 1 aromatic carbocycles. The first kappa shape index (κ1) is 13.2. The van der Waals surface area contributed by atoms with E-state index in [1.54, 1.807) is 24.3 Å². The molecule has 0 aliphatic rings. The van der Waals surface area contributed by atoms with Gasteiger partial charge in [0.1, 0.15) is 0 Å². The molecule has 0 atom stereocenters. The number of aromatic nitrogens is 1. The molecule has 0 fully saturated rings. The molecule has 2 rings (SSSR count). The molecule has 0 aliphatic carbocycles. The molecule has 1 aromatic heterocycles. The Kier molecular flexibility index (Phi) is 3.81. The van der Waals surface area contributed by atoms with Crippen LogP contribution >= 0.6 is 22.6 Å². The second kappa shape index (κ2) is 5.19. The summed E-state index contributed by atoms with van der Waals surface area (Å²) in [7, 11) is -4.00. The van der Waals surface area contributed by atoms with Crippen molar-refractivity contribution in [2.75, 3.05) is 4.72 Å². The van der Waals surface area contributed by atoms with Gasteiger partial charge in [0.25, 0.3) is 10.0 Å². The number of nitrogens with one attached hydrogen (secondary N) is 1. The van der Waals surface area contributed by atoms with E-state index in [1.165, 1.54) is 12.3 Å². The average molecular weight is 378 g/mol. The average Bonchev–Trinajstić information content (AvgIpc) is 2.32. The van der Waals surface area contributed by atoms with Crippen LogP contribution in [0.15, 0.2) is 47.6 Å². The van der Waals surface area contributed by atoms with Gasteiger partial charge in [0.2, 0.25) is 5.03 Å². The van der Waals surface area contributed by atoms with E-state index in [-0.39, 0.29) is 0 Å². The Morgan fingerprint density at radius 1 is 1.17 bits per heavy atom. The van der Waals surface area contributed by atoms with Gasteiger partial charge in [-0.05, 0) is 59.0 Å². The maximum Gasteiger partial charge on any atom is 0.282 e. The summed E-state index contributed by atoms with van der Waals surface area (Å²) in [5, 5.41) is -0.608. The van der Waals surface area contributed by atoms with Gasteiger partial charge < -0.3 is 0 Å². The largest absolute Gasteiger partial charge is 0.282 e. The lowest BCUT2D eigenvalue weighted by Gasteiger charge is -2.07. The highest BCUT2D eigenvalue weighted by Crippen LogP contribution is 2.17. The summed E-state index contributed by atoms with van der Waals surface area (Å²) in [6, 6.07) is 9.06.